The predicted octanol–water partition coefficient (Wildman–Crippen LogP) is 3.38. The fourth-order valence-corrected chi connectivity index (χ4v) is 2.79. The van der Waals surface area contributed by atoms with E-state index in [0.717, 1.165) is 28.9 Å². The van der Waals surface area contributed by atoms with Crippen molar-refractivity contribution in [3.05, 3.63) is 28.2 Å². The summed E-state index contributed by atoms with van der Waals surface area (Å²) in [6.07, 6.45) is 3.73. The minimum absolute atomic E-state index is 0. The summed E-state index contributed by atoms with van der Waals surface area (Å²) in [4.78, 5) is 6.64. The van der Waals surface area contributed by atoms with Gasteiger partial charge in [0.1, 0.15) is 5.75 Å². The number of methoxy groups -OCH3 is 1. The molecule has 1 aromatic carbocycles. The van der Waals surface area contributed by atoms with Crippen LogP contribution in [0.15, 0.2) is 27.7 Å². The highest BCUT2D eigenvalue weighted by Crippen LogP contribution is 2.25. The van der Waals surface area contributed by atoms with Crippen LogP contribution in [-0.4, -0.2) is 31.1 Å². The van der Waals surface area contributed by atoms with Crippen molar-refractivity contribution in [2.75, 3.05) is 20.2 Å². The SMILES string of the molecule is COc1ccc(CN=C(N)N2CCCCC2)cc1Br.I. The molecule has 1 fully saturated rings. The van der Waals surface area contributed by atoms with E-state index in [2.05, 4.69) is 25.8 Å². The number of benzene rings is 1. The van der Waals surface area contributed by atoms with Crippen LogP contribution in [0, 0.1) is 0 Å². The third kappa shape index (κ3) is 4.80. The summed E-state index contributed by atoms with van der Waals surface area (Å²) in [5.41, 5.74) is 7.15. The molecule has 20 heavy (non-hydrogen) atoms. The number of ether oxygens (including phenoxy) is 1. The fraction of sp³-hybridized carbons (Fsp3) is 0.500. The number of aliphatic imine (C=N–C) groups is 1. The Bertz CT molecular complexity index is 462. The maximum absolute atomic E-state index is 6.03. The van der Waals surface area contributed by atoms with E-state index in [1.807, 2.05) is 18.2 Å². The van der Waals surface area contributed by atoms with Gasteiger partial charge in [0.25, 0.3) is 0 Å². The van der Waals surface area contributed by atoms with Gasteiger partial charge in [0.15, 0.2) is 5.96 Å². The average Bonchev–Trinajstić information content (AvgIpc) is 2.46. The molecule has 0 aliphatic carbocycles. The van der Waals surface area contributed by atoms with Crippen LogP contribution in [0.1, 0.15) is 24.8 Å². The number of rotatable bonds is 3. The molecule has 0 saturated carbocycles. The standard InChI is InChI=1S/C14H20BrN3O.HI/c1-19-13-6-5-11(9-12(13)15)10-17-14(16)18-7-3-2-4-8-18;/h5-6,9H,2-4,7-8,10H2,1H3,(H2,16,17);1H. The lowest BCUT2D eigenvalue weighted by molar-refractivity contribution is 0.338. The number of halogens is 2. The maximum atomic E-state index is 6.03. The van der Waals surface area contributed by atoms with Gasteiger partial charge in [-0.25, -0.2) is 4.99 Å². The summed E-state index contributed by atoms with van der Waals surface area (Å²) in [7, 11) is 1.66. The molecule has 0 spiro atoms. The number of likely N-dealkylation sites (tertiary alicyclic amines) is 1. The van der Waals surface area contributed by atoms with Crippen molar-refractivity contribution in [1.29, 1.82) is 0 Å². The Morgan fingerprint density at radius 3 is 2.65 bits per heavy atom. The molecule has 1 aromatic rings. The van der Waals surface area contributed by atoms with Crippen molar-refractivity contribution in [3.8, 4) is 5.75 Å². The molecular formula is C14H21BrIN3O. The largest absolute Gasteiger partial charge is 0.496 e. The summed E-state index contributed by atoms with van der Waals surface area (Å²) in [5.74, 6) is 1.49. The first-order valence-corrected chi connectivity index (χ1v) is 7.37. The van der Waals surface area contributed by atoms with E-state index in [1.54, 1.807) is 7.11 Å². The topological polar surface area (TPSA) is 50.9 Å². The molecule has 112 valence electrons. The van der Waals surface area contributed by atoms with Crippen LogP contribution < -0.4 is 10.5 Å². The van der Waals surface area contributed by atoms with Gasteiger partial charge in [-0.05, 0) is 52.9 Å². The summed E-state index contributed by atoms with van der Waals surface area (Å²) in [6.45, 7) is 2.66. The van der Waals surface area contributed by atoms with Crippen LogP contribution in [-0.2, 0) is 6.54 Å². The second-order valence-corrected chi connectivity index (χ2v) is 5.55. The molecule has 0 atom stereocenters. The van der Waals surface area contributed by atoms with Crippen molar-refractivity contribution in [3.63, 3.8) is 0 Å². The molecule has 0 unspecified atom stereocenters. The van der Waals surface area contributed by atoms with E-state index in [1.165, 1.54) is 19.3 Å². The molecule has 0 amide bonds. The highest BCUT2D eigenvalue weighted by atomic mass is 127. The smallest absolute Gasteiger partial charge is 0.191 e. The van der Waals surface area contributed by atoms with Gasteiger partial charge in [0, 0.05) is 13.1 Å². The van der Waals surface area contributed by atoms with Gasteiger partial charge < -0.3 is 15.4 Å². The highest BCUT2D eigenvalue weighted by molar-refractivity contribution is 14.0. The van der Waals surface area contributed by atoms with Crippen molar-refractivity contribution in [1.82, 2.24) is 4.90 Å². The predicted molar refractivity (Wildman–Crippen MR) is 96.9 cm³/mol. The zero-order valence-corrected chi connectivity index (χ0v) is 15.6. The summed E-state index contributed by atoms with van der Waals surface area (Å²) >= 11 is 3.48. The van der Waals surface area contributed by atoms with Gasteiger partial charge in [-0.1, -0.05) is 6.07 Å². The minimum atomic E-state index is 0. The molecule has 0 aromatic heterocycles. The second-order valence-electron chi connectivity index (χ2n) is 4.69. The van der Waals surface area contributed by atoms with E-state index in [4.69, 9.17) is 10.5 Å². The first-order valence-electron chi connectivity index (χ1n) is 6.58. The second kappa shape index (κ2) is 8.71. The zero-order valence-electron chi connectivity index (χ0n) is 11.6. The van der Waals surface area contributed by atoms with Gasteiger partial charge >= 0.3 is 0 Å². The van der Waals surface area contributed by atoms with Gasteiger partial charge in [0.05, 0.1) is 18.1 Å². The summed E-state index contributed by atoms with van der Waals surface area (Å²) in [6, 6.07) is 5.97. The van der Waals surface area contributed by atoms with E-state index >= 15 is 0 Å². The molecule has 4 nitrogen and oxygen atoms in total. The molecular weight excluding hydrogens is 433 g/mol. The molecule has 2 rings (SSSR count). The van der Waals surface area contributed by atoms with E-state index in [-0.39, 0.29) is 24.0 Å². The number of nitrogens with two attached hydrogens (primary N) is 1. The van der Waals surface area contributed by atoms with Gasteiger partial charge in [-0.2, -0.15) is 0 Å². The lowest BCUT2D eigenvalue weighted by atomic mass is 10.1. The van der Waals surface area contributed by atoms with Crippen LogP contribution in [0.5, 0.6) is 5.75 Å². The average molecular weight is 454 g/mol. The van der Waals surface area contributed by atoms with Crippen LogP contribution in [0.3, 0.4) is 0 Å². The Morgan fingerprint density at radius 1 is 1.35 bits per heavy atom. The molecule has 0 radical (unpaired) electrons. The number of guanidine groups is 1. The van der Waals surface area contributed by atoms with Crippen LogP contribution >= 0.6 is 39.9 Å². The molecule has 2 N–H and O–H groups in total. The third-order valence-electron chi connectivity index (χ3n) is 3.32. The highest BCUT2D eigenvalue weighted by Gasteiger charge is 2.11. The monoisotopic (exact) mass is 453 g/mol. The quantitative estimate of drug-likeness (QED) is 0.433. The zero-order chi connectivity index (χ0) is 13.7. The number of hydrogen-bond donors (Lipinski definition) is 1. The lowest BCUT2D eigenvalue weighted by Gasteiger charge is -2.27. The van der Waals surface area contributed by atoms with Crippen molar-refractivity contribution >= 4 is 45.9 Å². The molecule has 6 heteroatoms. The first-order chi connectivity index (χ1) is 9.20. The summed E-state index contributed by atoms with van der Waals surface area (Å²) in [5, 5.41) is 0. The Kier molecular flexibility index (Phi) is 7.65. The maximum Gasteiger partial charge on any atom is 0.191 e. The molecule has 1 heterocycles. The van der Waals surface area contributed by atoms with Crippen molar-refractivity contribution in [2.24, 2.45) is 10.7 Å². The third-order valence-corrected chi connectivity index (χ3v) is 3.94. The van der Waals surface area contributed by atoms with Crippen LogP contribution in [0.4, 0.5) is 0 Å². The lowest BCUT2D eigenvalue weighted by Crippen LogP contribution is -2.40. The van der Waals surface area contributed by atoms with Gasteiger partial charge in [-0.15, -0.1) is 24.0 Å². The molecule has 1 saturated heterocycles. The number of hydrogen-bond acceptors (Lipinski definition) is 2. The Morgan fingerprint density at radius 2 is 2.05 bits per heavy atom. The van der Waals surface area contributed by atoms with E-state index in [9.17, 15) is 0 Å². The fourth-order valence-electron chi connectivity index (χ4n) is 2.20. The number of nitrogens with zero attached hydrogens (tertiary/aromatic N) is 2. The minimum Gasteiger partial charge on any atom is -0.496 e. The van der Waals surface area contributed by atoms with Gasteiger partial charge in [0.2, 0.25) is 0 Å². The van der Waals surface area contributed by atoms with E-state index < -0.39 is 0 Å². The number of piperidine rings is 1. The molecule has 1 aliphatic rings. The first kappa shape index (κ1) is 17.6. The normalized spacial score (nSPS) is 15.7. The van der Waals surface area contributed by atoms with E-state index in [0.29, 0.717) is 12.5 Å². The van der Waals surface area contributed by atoms with Crippen molar-refractivity contribution in [2.45, 2.75) is 25.8 Å². The van der Waals surface area contributed by atoms with Crippen LogP contribution in [0.25, 0.3) is 0 Å². The Balaban J connectivity index is 0.00000200. The van der Waals surface area contributed by atoms with Crippen LogP contribution in [0.2, 0.25) is 0 Å². The molecule has 0 bridgehead atoms. The van der Waals surface area contributed by atoms with Crippen molar-refractivity contribution < 1.29 is 4.74 Å². The summed E-state index contributed by atoms with van der Waals surface area (Å²) < 4.78 is 6.15. The molecule has 1 aliphatic heterocycles. The van der Waals surface area contributed by atoms with Gasteiger partial charge in [-0.3, -0.25) is 0 Å². The Hall–Kier alpha value is -0.500. The Labute approximate surface area is 145 Å².